The average Bonchev–Trinajstić information content (AvgIpc) is 3.22. The van der Waals surface area contributed by atoms with Gasteiger partial charge >= 0.3 is 0 Å². The minimum absolute atomic E-state index is 0.304. The lowest BCUT2D eigenvalue weighted by molar-refractivity contribution is 0.525. The summed E-state index contributed by atoms with van der Waals surface area (Å²) in [5, 5.41) is 9.05. The van der Waals surface area contributed by atoms with E-state index in [-0.39, 0.29) is 0 Å². The largest absolute Gasteiger partial charge is 0.310 e. The van der Waals surface area contributed by atoms with Crippen LogP contribution in [-0.2, 0) is 16.4 Å². The van der Waals surface area contributed by atoms with Gasteiger partial charge in [0.05, 0.1) is 4.90 Å². The van der Waals surface area contributed by atoms with Crippen molar-refractivity contribution in [1.82, 2.24) is 14.8 Å². The lowest BCUT2D eigenvalue weighted by Gasteiger charge is -2.21. The number of anilines is 2. The molecule has 1 aliphatic rings. The first-order valence-electron chi connectivity index (χ1n) is 9.86. The molecule has 1 unspecified atom stereocenters. The van der Waals surface area contributed by atoms with E-state index in [1.54, 1.807) is 12.1 Å². The molecule has 7 heteroatoms. The van der Waals surface area contributed by atoms with Crippen LogP contribution < -0.4 is 4.90 Å². The molecule has 1 aliphatic heterocycles. The van der Waals surface area contributed by atoms with Crippen molar-refractivity contribution < 1.29 is 8.42 Å². The van der Waals surface area contributed by atoms with E-state index in [1.165, 1.54) is 17.5 Å². The Bertz CT molecular complexity index is 1130. The van der Waals surface area contributed by atoms with Crippen molar-refractivity contribution in [3.63, 3.8) is 0 Å². The van der Waals surface area contributed by atoms with E-state index >= 15 is 0 Å². The summed E-state index contributed by atoms with van der Waals surface area (Å²) in [5.41, 5.74) is 3.36. The van der Waals surface area contributed by atoms with Crippen LogP contribution in [0.25, 0.3) is 11.4 Å². The standard InChI is InChI=1S/C22H26N4O2S/c1-15(2)13-26-21(17-9-11-18(12-10-17)29(4,27)28)23-24-22(26)25-14-16(3)19-7-5-6-8-20(19)25/h5-12,15-16H,13-14H2,1-4H3. The highest BCUT2D eigenvalue weighted by molar-refractivity contribution is 7.90. The molecule has 1 aromatic heterocycles. The third-order valence-electron chi connectivity index (χ3n) is 5.28. The molecule has 6 nitrogen and oxygen atoms in total. The van der Waals surface area contributed by atoms with Crippen molar-refractivity contribution in [3.8, 4) is 11.4 Å². The van der Waals surface area contributed by atoms with Gasteiger partial charge in [-0.1, -0.05) is 39.0 Å². The molecule has 4 rings (SSSR count). The number of hydrogen-bond acceptors (Lipinski definition) is 5. The molecule has 29 heavy (non-hydrogen) atoms. The Balaban J connectivity index is 1.79. The monoisotopic (exact) mass is 410 g/mol. The van der Waals surface area contributed by atoms with Gasteiger partial charge in [0.15, 0.2) is 15.7 Å². The Morgan fingerprint density at radius 2 is 1.76 bits per heavy atom. The first-order chi connectivity index (χ1) is 13.8. The van der Waals surface area contributed by atoms with Crippen molar-refractivity contribution in [2.24, 2.45) is 5.92 Å². The second-order valence-electron chi connectivity index (χ2n) is 8.20. The summed E-state index contributed by atoms with van der Waals surface area (Å²) in [4.78, 5) is 2.54. The molecule has 0 bridgehead atoms. The first-order valence-corrected chi connectivity index (χ1v) is 11.7. The van der Waals surface area contributed by atoms with Gasteiger partial charge in [0.25, 0.3) is 0 Å². The molecule has 2 aromatic carbocycles. The molecule has 152 valence electrons. The zero-order chi connectivity index (χ0) is 20.8. The highest BCUT2D eigenvalue weighted by atomic mass is 32.2. The zero-order valence-corrected chi connectivity index (χ0v) is 18.0. The van der Waals surface area contributed by atoms with E-state index in [1.807, 2.05) is 12.1 Å². The van der Waals surface area contributed by atoms with Gasteiger partial charge in [-0.05, 0) is 41.8 Å². The third kappa shape index (κ3) is 3.67. The predicted molar refractivity (Wildman–Crippen MR) is 115 cm³/mol. The molecule has 0 aliphatic carbocycles. The van der Waals surface area contributed by atoms with E-state index in [2.05, 4.69) is 64.7 Å². The van der Waals surface area contributed by atoms with Gasteiger partial charge < -0.3 is 4.90 Å². The average molecular weight is 411 g/mol. The fourth-order valence-corrected chi connectivity index (χ4v) is 4.53. The van der Waals surface area contributed by atoms with Crippen LogP contribution in [0.3, 0.4) is 0 Å². The van der Waals surface area contributed by atoms with Crippen LogP contribution in [0.5, 0.6) is 0 Å². The predicted octanol–water partition coefficient (Wildman–Crippen LogP) is 4.26. The molecule has 3 aromatic rings. The van der Waals surface area contributed by atoms with Crippen LogP contribution in [0.2, 0.25) is 0 Å². The second-order valence-corrected chi connectivity index (χ2v) is 10.2. The molecule has 0 saturated carbocycles. The van der Waals surface area contributed by atoms with Crippen molar-refractivity contribution in [3.05, 3.63) is 54.1 Å². The normalized spacial score (nSPS) is 16.4. The van der Waals surface area contributed by atoms with Gasteiger partial charge in [-0.25, -0.2) is 8.42 Å². The Hall–Kier alpha value is -2.67. The number of fused-ring (bicyclic) bond motifs is 1. The molecule has 0 amide bonds. The van der Waals surface area contributed by atoms with Gasteiger partial charge in [0.1, 0.15) is 0 Å². The van der Waals surface area contributed by atoms with E-state index in [0.717, 1.165) is 30.4 Å². The summed E-state index contributed by atoms with van der Waals surface area (Å²) >= 11 is 0. The Labute approximate surface area is 172 Å². The summed E-state index contributed by atoms with van der Waals surface area (Å²) in [6, 6.07) is 15.3. The van der Waals surface area contributed by atoms with Gasteiger partial charge in [-0.3, -0.25) is 4.57 Å². The lowest BCUT2D eigenvalue weighted by Crippen LogP contribution is -2.21. The highest BCUT2D eigenvalue weighted by Crippen LogP contribution is 2.40. The molecule has 0 saturated heterocycles. The van der Waals surface area contributed by atoms with Gasteiger partial charge in [0.2, 0.25) is 5.95 Å². The molecule has 0 fully saturated rings. The summed E-state index contributed by atoms with van der Waals surface area (Å²) in [6.07, 6.45) is 1.22. The minimum Gasteiger partial charge on any atom is -0.310 e. The SMILES string of the molecule is CC(C)Cn1c(-c2ccc(S(C)(=O)=O)cc2)nnc1N1CC(C)c2ccccc21. The zero-order valence-electron chi connectivity index (χ0n) is 17.2. The van der Waals surface area contributed by atoms with Crippen LogP contribution in [0.4, 0.5) is 11.6 Å². The van der Waals surface area contributed by atoms with Gasteiger partial charge in [-0.2, -0.15) is 0 Å². The maximum Gasteiger partial charge on any atom is 0.232 e. The summed E-state index contributed by atoms with van der Waals surface area (Å²) in [5.74, 6) is 2.42. The number of benzene rings is 2. The van der Waals surface area contributed by atoms with Crippen LogP contribution >= 0.6 is 0 Å². The number of hydrogen-bond donors (Lipinski definition) is 0. The minimum atomic E-state index is -3.23. The summed E-state index contributed by atoms with van der Waals surface area (Å²) < 4.78 is 25.7. The van der Waals surface area contributed by atoms with Crippen molar-refractivity contribution >= 4 is 21.5 Å². The third-order valence-corrected chi connectivity index (χ3v) is 6.40. The second kappa shape index (κ2) is 7.30. The molecule has 2 heterocycles. The topological polar surface area (TPSA) is 68.1 Å². The lowest BCUT2D eigenvalue weighted by atomic mass is 10.0. The fraction of sp³-hybridized carbons (Fsp3) is 0.364. The molecule has 1 atom stereocenters. The van der Waals surface area contributed by atoms with E-state index in [4.69, 9.17) is 0 Å². The van der Waals surface area contributed by atoms with Crippen molar-refractivity contribution in [2.75, 3.05) is 17.7 Å². The van der Waals surface area contributed by atoms with E-state index < -0.39 is 9.84 Å². The maximum atomic E-state index is 11.8. The Morgan fingerprint density at radius 3 is 2.41 bits per heavy atom. The Morgan fingerprint density at radius 1 is 1.07 bits per heavy atom. The Kier molecular flexibility index (Phi) is 4.94. The van der Waals surface area contributed by atoms with Crippen LogP contribution in [0.15, 0.2) is 53.4 Å². The number of sulfone groups is 1. The quantitative estimate of drug-likeness (QED) is 0.629. The highest BCUT2D eigenvalue weighted by Gasteiger charge is 2.30. The van der Waals surface area contributed by atoms with Gasteiger partial charge in [-0.15, -0.1) is 10.2 Å². The summed E-state index contributed by atoms with van der Waals surface area (Å²) in [7, 11) is -3.23. The number of para-hydroxylation sites is 1. The van der Waals surface area contributed by atoms with E-state index in [0.29, 0.717) is 16.7 Å². The molecule has 0 N–H and O–H groups in total. The summed E-state index contributed by atoms with van der Waals surface area (Å²) in [6.45, 7) is 8.20. The number of aromatic nitrogens is 3. The van der Waals surface area contributed by atoms with E-state index in [9.17, 15) is 8.42 Å². The fourth-order valence-electron chi connectivity index (χ4n) is 3.90. The van der Waals surface area contributed by atoms with Crippen molar-refractivity contribution in [2.45, 2.75) is 38.1 Å². The maximum absolute atomic E-state index is 11.8. The first kappa shape index (κ1) is 19.6. The molecular weight excluding hydrogens is 384 g/mol. The van der Waals surface area contributed by atoms with Crippen LogP contribution in [0.1, 0.15) is 32.3 Å². The van der Waals surface area contributed by atoms with Crippen molar-refractivity contribution in [1.29, 1.82) is 0 Å². The van der Waals surface area contributed by atoms with Crippen LogP contribution in [0, 0.1) is 5.92 Å². The smallest absolute Gasteiger partial charge is 0.232 e. The molecular formula is C22H26N4O2S. The molecule has 0 radical (unpaired) electrons. The number of nitrogens with zero attached hydrogens (tertiary/aromatic N) is 4. The van der Waals surface area contributed by atoms with Gasteiger partial charge in [0, 0.05) is 36.5 Å². The number of rotatable bonds is 5. The molecule has 0 spiro atoms. The van der Waals surface area contributed by atoms with Crippen LogP contribution in [-0.4, -0.2) is 36.0 Å².